The van der Waals surface area contributed by atoms with Crippen LogP contribution in [-0.4, -0.2) is 20.8 Å². The van der Waals surface area contributed by atoms with Crippen molar-refractivity contribution >= 4 is 35.1 Å². The van der Waals surface area contributed by atoms with Crippen LogP contribution in [0.15, 0.2) is 71.9 Å². The number of carbonyl (C=O) groups is 1. The molecule has 3 aromatic carbocycles. The molecular weight excluding hydrogens is 478 g/mol. The van der Waals surface area contributed by atoms with E-state index in [9.17, 15) is 4.79 Å². The highest BCUT2D eigenvalue weighted by molar-refractivity contribution is 7.98. The van der Waals surface area contributed by atoms with E-state index >= 15 is 0 Å². The molecule has 4 aromatic rings. The second-order valence-corrected chi connectivity index (χ2v) is 9.90. The van der Waals surface area contributed by atoms with Gasteiger partial charge in [-0.05, 0) is 62.6 Å². The van der Waals surface area contributed by atoms with Gasteiger partial charge in [-0.25, -0.2) is 4.79 Å². The highest BCUT2D eigenvalue weighted by Gasteiger charge is 2.22. The lowest BCUT2D eigenvalue weighted by Crippen LogP contribution is -2.32. The van der Waals surface area contributed by atoms with Gasteiger partial charge in [-0.2, -0.15) is 0 Å². The van der Waals surface area contributed by atoms with Gasteiger partial charge < -0.3 is 10.6 Å². The summed E-state index contributed by atoms with van der Waals surface area (Å²) in [6, 6.07) is 21.1. The molecule has 1 aromatic heterocycles. The van der Waals surface area contributed by atoms with Crippen LogP contribution in [0.1, 0.15) is 41.0 Å². The van der Waals surface area contributed by atoms with Crippen LogP contribution < -0.4 is 10.6 Å². The molecule has 35 heavy (non-hydrogen) atoms. The van der Waals surface area contributed by atoms with E-state index in [2.05, 4.69) is 52.0 Å². The molecule has 1 atom stereocenters. The number of carbonyl (C=O) groups excluding carboxylic acids is 1. The first-order valence-electron chi connectivity index (χ1n) is 11.3. The maximum atomic E-state index is 12.8. The molecule has 1 heterocycles. The maximum Gasteiger partial charge on any atom is 0.319 e. The second-order valence-electron chi connectivity index (χ2n) is 8.52. The normalized spacial score (nSPS) is 11.8. The zero-order valence-corrected chi connectivity index (χ0v) is 21.7. The first-order chi connectivity index (χ1) is 16.8. The fraction of sp³-hybridized carbons (Fsp3) is 0.222. The highest BCUT2D eigenvalue weighted by Crippen LogP contribution is 2.30. The van der Waals surface area contributed by atoms with Crippen molar-refractivity contribution in [3.05, 3.63) is 99.8 Å². The Morgan fingerprint density at radius 2 is 1.80 bits per heavy atom. The molecule has 180 valence electrons. The minimum atomic E-state index is -0.404. The third-order valence-electron chi connectivity index (χ3n) is 5.65. The molecule has 2 N–H and O–H groups in total. The predicted molar refractivity (Wildman–Crippen MR) is 144 cm³/mol. The van der Waals surface area contributed by atoms with Crippen LogP contribution in [0.2, 0.25) is 5.02 Å². The van der Waals surface area contributed by atoms with E-state index in [4.69, 9.17) is 11.6 Å². The topological polar surface area (TPSA) is 71.8 Å². The van der Waals surface area contributed by atoms with Crippen molar-refractivity contribution in [2.45, 2.75) is 44.6 Å². The lowest BCUT2D eigenvalue weighted by atomic mass is 10.2. The summed E-state index contributed by atoms with van der Waals surface area (Å²) in [5.74, 6) is 1.37. The number of aryl methyl sites for hydroxylation is 3. The standard InChI is InChI=1S/C27H28ClN5OS/c1-17-8-7-10-21(14-17)16-35-27-32-31-25(33(27)24-15-22(28)13-12-19(24)3)20(4)29-26(34)30-23-11-6-5-9-18(23)2/h5-15,20H,16H2,1-4H3,(H2,29,30,34). The zero-order valence-electron chi connectivity index (χ0n) is 20.2. The van der Waals surface area contributed by atoms with E-state index in [1.807, 2.05) is 67.8 Å². The van der Waals surface area contributed by atoms with Crippen molar-refractivity contribution in [2.75, 3.05) is 5.32 Å². The summed E-state index contributed by atoms with van der Waals surface area (Å²) in [4.78, 5) is 12.8. The van der Waals surface area contributed by atoms with Gasteiger partial charge in [0.15, 0.2) is 11.0 Å². The third kappa shape index (κ3) is 6.05. The minimum Gasteiger partial charge on any atom is -0.328 e. The molecule has 1 unspecified atom stereocenters. The molecule has 0 spiro atoms. The summed E-state index contributed by atoms with van der Waals surface area (Å²) >= 11 is 7.95. The van der Waals surface area contributed by atoms with Gasteiger partial charge in [-0.3, -0.25) is 4.57 Å². The maximum absolute atomic E-state index is 12.8. The molecule has 0 saturated carbocycles. The number of urea groups is 1. The van der Waals surface area contributed by atoms with E-state index in [0.717, 1.165) is 33.4 Å². The molecule has 0 radical (unpaired) electrons. The number of amides is 2. The number of anilines is 1. The minimum absolute atomic E-state index is 0.307. The summed E-state index contributed by atoms with van der Waals surface area (Å²) in [6.45, 7) is 7.95. The smallest absolute Gasteiger partial charge is 0.319 e. The Hall–Kier alpha value is -3.29. The lowest BCUT2D eigenvalue weighted by Gasteiger charge is -2.18. The number of hydrogen-bond donors (Lipinski definition) is 2. The number of nitrogens with zero attached hydrogens (tertiary/aromatic N) is 3. The van der Waals surface area contributed by atoms with Gasteiger partial charge in [0.1, 0.15) is 0 Å². The summed E-state index contributed by atoms with van der Waals surface area (Å²) in [6.07, 6.45) is 0. The van der Waals surface area contributed by atoms with E-state index in [1.165, 1.54) is 11.1 Å². The predicted octanol–water partition coefficient (Wildman–Crippen LogP) is 7.02. The number of rotatable bonds is 7. The Balaban J connectivity index is 1.62. The highest BCUT2D eigenvalue weighted by atomic mass is 35.5. The molecule has 4 rings (SSSR count). The summed E-state index contributed by atoms with van der Waals surface area (Å²) in [5, 5.41) is 16.2. The second kappa shape index (κ2) is 11.0. The average Bonchev–Trinajstić information content (AvgIpc) is 3.25. The van der Waals surface area contributed by atoms with E-state index in [1.54, 1.807) is 11.8 Å². The number of thioether (sulfide) groups is 1. The van der Waals surface area contributed by atoms with Crippen LogP contribution in [0, 0.1) is 20.8 Å². The fourth-order valence-corrected chi connectivity index (χ4v) is 4.85. The van der Waals surface area contributed by atoms with Crippen LogP contribution in [-0.2, 0) is 5.75 Å². The fourth-order valence-electron chi connectivity index (χ4n) is 3.79. The van der Waals surface area contributed by atoms with Crippen molar-refractivity contribution in [2.24, 2.45) is 0 Å². The van der Waals surface area contributed by atoms with Crippen LogP contribution in [0.3, 0.4) is 0 Å². The molecule has 8 heteroatoms. The molecule has 0 aliphatic carbocycles. The molecule has 0 saturated heterocycles. The SMILES string of the molecule is Cc1cccc(CSc2nnc(C(C)NC(=O)Nc3ccccc3C)n2-c2cc(Cl)ccc2C)c1. The van der Waals surface area contributed by atoms with Gasteiger partial charge in [-0.1, -0.05) is 77.5 Å². The Morgan fingerprint density at radius 1 is 1.00 bits per heavy atom. The van der Waals surface area contributed by atoms with Crippen LogP contribution in [0.25, 0.3) is 5.69 Å². The number of hydrogen-bond acceptors (Lipinski definition) is 4. The van der Waals surface area contributed by atoms with E-state index in [-0.39, 0.29) is 6.03 Å². The number of nitrogens with one attached hydrogen (secondary N) is 2. The van der Waals surface area contributed by atoms with Crippen LogP contribution >= 0.6 is 23.4 Å². The summed E-state index contributed by atoms with van der Waals surface area (Å²) < 4.78 is 1.99. The van der Waals surface area contributed by atoms with Crippen molar-refractivity contribution in [1.82, 2.24) is 20.1 Å². The molecule has 2 amide bonds. The van der Waals surface area contributed by atoms with E-state index in [0.29, 0.717) is 10.8 Å². The van der Waals surface area contributed by atoms with E-state index < -0.39 is 6.04 Å². The Morgan fingerprint density at radius 3 is 2.57 bits per heavy atom. The molecule has 0 bridgehead atoms. The molecule has 0 aliphatic heterocycles. The van der Waals surface area contributed by atoms with Gasteiger partial charge in [-0.15, -0.1) is 10.2 Å². The Labute approximate surface area is 215 Å². The Kier molecular flexibility index (Phi) is 7.78. The average molecular weight is 506 g/mol. The largest absolute Gasteiger partial charge is 0.328 e. The van der Waals surface area contributed by atoms with Crippen LogP contribution in [0.5, 0.6) is 0 Å². The molecule has 6 nitrogen and oxygen atoms in total. The van der Waals surface area contributed by atoms with Gasteiger partial charge in [0.2, 0.25) is 0 Å². The quantitative estimate of drug-likeness (QED) is 0.265. The number of para-hydroxylation sites is 1. The van der Waals surface area contributed by atoms with Crippen molar-refractivity contribution < 1.29 is 4.79 Å². The zero-order chi connectivity index (χ0) is 24.9. The van der Waals surface area contributed by atoms with Gasteiger partial charge in [0.25, 0.3) is 0 Å². The summed E-state index contributed by atoms with van der Waals surface area (Å²) in [7, 11) is 0. The number of benzene rings is 3. The number of aromatic nitrogens is 3. The Bertz CT molecular complexity index is 1350. The lowest BCUT2D eigenvalue weighted by molar-refractivity contribution is 0.248. The van der Waals surface area contributed by atoms with Crippen molar-refractivity contribution in [1.29, 1.82) is 0 Å². The summed E-state index contributed by atoms with van der Waals surface area (Å²) in [5.41, 5.74) is 6.09. The first kappa shape index (κ1) is 24.8. The van der Waals surface area contributed by atoms with Gasteiger partial charge in [0.05, 0.1) is 11.7 Å². The van der Waals surface area contributed by atoms with Crippen molar-refractivity contribution in [3.8, 4) is 5.69 Å². The van der Waals surface area contributed by atoms with Crippen molar-refractivity contribution in [3.63, 3.8) is 0 Å². The monoisotopic (exact) mass is 505 g/mol. The first-order valence-corrected chi connectivity index (χ1v) is 12.7. The van der Waals surface area contributed by atoms with Gasteiger partial charge in [0, 0.05) is 16.5 Å². The molecule has 0 aliphatic rings. The molecular formula is C27H28ClN5OS. The van der Waals surface area contributed by atoms with Gasteiger partial charge >= 0.3 is 6.03 Å². The third-order valence-corrected chi connectivity index (χ3v) is 6.88. The molecule has 0 fully saturated rings. The number of halogens is 1. The van der Waals surface area contributed by atoms with Crippen LogP contribution in [0.4, 0.5) is 10.5 Å².